The number of nitrogens with one attached hydrogen (secondary N) is 2. The summed E-state index contributed by atoms with van der Waals surface area (Å²) >= 11 is 0. The van der Waals surface area contributed by atoms with Crippen molar-refractivity contribution in [2.75, 3.05) is 24.7 Å². The minimum absolute atomic E-state index is 0.0521. The number of carbonyl (C=O) groups is 1. The normalized spacial score (nSPS) is 31.8. The summed E-state index contributed by atoms with van der Waals surface area (Å²) in [6.45, 7) is 3.17. The van der Waals surface area contributed by atoms with Crippen molar-refractivity contribution in [2.24, 2.45) is 5.92 Å². The number of urea groups is 1. The van der Waals surface area contributed by atoms with Crippen molar-refractivity contribution >= 4 is 15.9 Å². The van der Waals surface area contributed by atoms with Gasteiger partial charge >= 0.3 is 6.03 Å². The van der Waals surface area contributed by atoms with Crippen molar-refractivity contribution in [3.05, 3.63) is 0 Å². The van der Waals surface area contributed by atoms with E-state index in [2.05, 4.69) is 17.6 Å². The highest BCUT2D eigenvalue weighted by molar-refractivity contribution is 7.91. The average Bonchev–Trinajstić information content (AvgIpc) is 2.76. The lowest BCUT2D eigenvalue weighted by Crippen LogP contribution is -2.44. The maximum atomic E-state index is 11.7. The van der Waals surface area contributed by atoms with E-state index in [-0.39, 0.29) is 23.6 Å². The number of rotatable bonds is 5. The second-order valence-corrected chi connectivity index (χ2v) is 8.40. The zero-order valence-corrected chi connectivity index (χ0v) is 13.5. The zero-order chi connectivity index (χ0) is 15.3. The summed E-state index contributed by atoms with van der Waals surface area (Å²) in [5, 5.41) is 5.42. The van der Waals surface area contributed by atoms with Crippen LogP contribution in [-0.2, 0) is 14.6 Å². The van der Waals surface area contributed by atoms with E-state index < -0.39 is 9.84 Å². The van der Waals surface area contributed by atoms with E-state index in [1.165, 1.54) is 19.3 Å². The molecule has 0 radical (unpaired) electrons. The monoisotopic (exact) mass is 318 g/mol. The van der Waals surface area contributed by atoms with E-state index in [0.717, 1.165) is 6.42 Å². The molecule has 0 aromatic rings. The Morgan fingerprint density at radius 2 is 2.00 bits per heavy atom. The molecule has 0 aromatic carbocycles. The molecule has 0 aromatic heterocycles. The summed E-state index contributed by atoms with van der Waals surface area (Å²) in [5.74, 6) is 0.813. The lowest BCUT2D eigenvalue weighted by atomic mass is 9.88. The fourth-order valence-corrected chi connectivity index (χ4v) is 4.72. The van der Waals surface area contributed by atoms with E-state index >= 15 is 0 Å². The predicted molar refractivity (Wildman–Crippen MR) is 81.0 cm³/mol. The third-order valence-corrected chi connectivity index (χ3v) is 6.09. The van der Waals surface area contributed by atoms with Crippen LogP contribution in [0.5, 0.6) is 0 Å². The topological polar surface area (TPSA) is 84.5 Å². The third-order valence-electron chi connectivity index (χ3n) is 4.32. The molecule has 3 unspecified atom stereocenters. The first-order valence-electron chi connectivity index (χ1n) is 7.83. The predicted octanol–water partition coefficient (Wildman–Crippen LogP) is 1.07. The number of hydrogen-bond acceptors (Lipinski definition) is 4. The molecule has 1 heterocycles. The van der Waals surface area contributed by atoms with Crippen molar-refractivity contribution in [1.29, 1.82) is 0 Å². The molecule has 2 fully saturated rings. The molecule has 1 saturated carbocycles. The second-order valence-electron chi connectivity index (χ2n) is 6.17. The van der Waals surface area contributed by atoms with Gasteiger partial charge in [0, 0.05) is 12.6 Å². The highest BCUT2D eigenvalue weighted by Crippen LogP contribution is 2.25. The van der Waals surface area contributed by atoms with Crippen LogP contribution >= 0.6 is 0 Å². The van der Waals surface area contributed by atoms with Crippen molar-refractivity contribution in [3.63, 3.8) is 0 Å². The van der Waals surface area contributed by atoms with Gasteiger partial charge in [-0.2, -0.15) is 0 Å². The number of carbonyl (C=O) groups excluding carboxylic acids is 1. The summed E-state index contributed by atoms with van der Waals surface area (Å²) in [4.78, 5) is 11.7. The van der Waals surface area contributed by atoms with Gasteiger partial charge in [0.2, 0.25) is 0 Å². The summed E-state index contributed by atoms with van der Waals surface area (Å²) in [6.07, 6.45) is 5.64. The molecule has 0 bridgehead atoms. The molecule has 21 heavy (non-hydrogen) atoms. The van der Waals surface area contributed by atoms with Gasteiger partial charge in [-0.15, -0.1) is 0 Å². The van der Waals surface area contributed by atoms with E-state index in [0.29, 0.717) is 31.6 Å². The van der Waals surface area contributed by atoms with Crippen LogP contribution < -0.4 is 10.6 Å². The van der Waals surface area contributed by atoms with E-state index in [4.69, 9.17) is 4.74 Å². The van der Waals surface area contributed by atoms with Gasteiger partial charge in [-0.05, 0) is 25.2 Å². The van der Waals surface area contributed by atoms with E-state index in [1.807, 2.05) is 0 Å². The van der Waals surface area contributed by atoms with Crippen LogP contribution in [0.3, 0.4) is 0 Å². The molecule has 6 nitrogen and oxygen atoms in total. The van der Waals surface area contributed by atoms with E-state index in [1.54, 1.807) is 0 Å². The van der Waals surface area contributed by atoms with Crippen LogP contribution in [0.15, 0.2) is 0 Å². The highest BCUT2D eigenvalue weighted by Gasteiger charge is 2.28. The van der Waals surface area contributed by atoms with Crippen molar-refractivity contribution in [2.45, 2.75) is 51.2 Å². The number of amides is 2. The summed E-state index contributed by atoms with van der Waals surface area (Å²) < 4.78 is 28.4. The fraction of sp³-hybridized carbons (Fsp3) is 0.929. The van der Waals surface area contributed by atoms with Crippen molar-refractivity contribution < 1.29 is 17.9 Å². The molecule has 2 aliphatic rings. The maximum absolute atomic E-state index is 11.7. The Morgan fingerprint density at radius 1 is 1.24 bits per heavy atom. The Balaban J connectivity index is 1.57. The zero-order valence-electron chi connectivity index (χ0n) is 12.6. The number of ether oxygens (including phenoxy) is 1. The van der Waals surface area contributed by atoms with Gasteiger partial charge in [0.25, 0.3) is 0 Å². The lowest BCUT2D eigenvalue weighted by Gasteiger charge is -2.28. The van der Waals surface area contributed by atoms with Crippen LogP contribution in [0.2, 0.25) is 0 Å². The van der Waals surface area contributed by atoms with Crippen LogP contribution in [0.1, 0.15) is 39.0 Å². The molecule has 122 valence electrons. The highest BCUT2D eigenvalue weighted by atomic mass is 32.2. The van der Waals surface area contributed by atoms with Gasteiger partial charge in [0.1, 0.15) is 0 Å². The first kappa shape index (κ1) is 16.5. The molecule has 1 aliphatic carbocycles. The fourth-order valence-electron chi connectivity index (χ4n) is 3.05. The molecule has 1 saturated heterocycles. The summed E-state index contributed by atoms with van der Waals surface area (Å²) in [7, 11) is -2.95. The van der Waals surface area contributed by atoms with Crippen molar-refractivity contribution in [1.82, 2.24) is 10.6 Å². The Kier molecular flexibility index (Phi) is 5.87. The minimum Gasteiger partial charge on any atom is -0.376 e. The summed E-state index contributed by atoms with van der Waals surface area (Å²) in [5.41, 5.74) is 0. The van der Waals surface area contributed by atoms with Gasteiger partial charge in [-0.3, -0.25) is 0 Å². The molecular weight excluding hydrogens is 292 g/mol. The standard InChI is InChI=1S/C14H26N2O4S/c1-11-4-2-3-5-13(11)20-8-7-15-14(17)16-12-6-9-21(18,19)10-12/h11-13H,2-10H2,1H3,(H2,15,16,17). The van der Waals surface area contributed by atoms with Gasteiger partial charge in [-0.1, -0.05) is 19.8 Å². The second kappa shape index (κ2) is 7.45. The van der Waals surface area contributed by atoms with Gasteiger partial charge in [0.05, 0.1) is 24.2 Å². The Hall–Kier alpha value is -0.820. The smallest absolute Gasteiger partial charge is 0.315 e. The van der Waals surface area contributed by atoms with Crippen LogP contribution in [-0.4, -0.2) is 51.3 Å². The van der Waals surface area contributed by atoms with Gasteiger partial charge in [0.15, 0.2) is 9.84 Å². The first-order valence-corrected chi connectivity index (χ1v) is 9.65. The lowest BCUT2D eigenvalue weighted by molar-refractivity contribution is -0.00244. The Bertz CT molecular complexity index is 452. The van der Waals surface area contributed by atoms with E-state index in [9.17, 15) is 13.2 Å². The molecule has 2 amide bonds. The Morgan fingerprint density at radius 3 is 2.67 bits per heavy atom. The maximum Gasteiger partial charge on any atom is 0.315 e. The van der Waals surface area contributed by atoms with Crippen LogP contribution in [0, 0.1) is 5.92 Å². The molecule has 2 rings (SSSR count). The summed E-state index contributed by atoms with van der Waals surface area (Å²) in [6, 6.07) is -0.563. The molecule has 0 spiro atoms. The molecule has 2 N–H and O–H groups in total. The number of hydrogen-bond donors (Lipinski definition) is 2. The first-order chi connectivity index (χ1) is 9.96. The third kappa shape index (κ3) is 5.47. The number of sulfone groups is 1. The molecule has 1 aliphatic heterocycles. The SMILES string of the molecule is CC1CCCCC1OCCNC(=O)NC1CCS(=O)(=O)C1. The van der Waals surface area contributed by atoms with Gasteiger partial charge in [-0.25, -0.2) is 13.2 Å². The quantitative estimate of drug-likeness (QED) is 0.743. The average molecular weight is 318 g/mol. The largest absolute Gasteiger partial charge is 0.376 e. The van der Waals surface area contributed by atoms with Crippen molar-refractivity contribution in [3.8, 4) is 0 Å². The minimum atomic E-state index is -2.95. The molecule has 3 atom stereocenters. The molecule has 7 heteroatoms. The Labute approximate surface area is 126 Å². The molecular formula is C14H26N2O4S. The van der Waals surface area contributed by atoms with Crippen LogP contribution in [0.4, 0.5) is 4.79 Å². The van der Waals surface area contributed by atoms with Gasteiger partial charge < -0.3 is 15.4 Å². The van der Waals surface area contributed by atoms with Crippen LogP contribution in [0.25, 0.3) is 0 Å².